The van der Waals surface area contributed by atoms with Gasteiger partial charge in [-0.15, -0.1) is 0 Å². The summed E-state index contributed by atoms with van der Waals surface area (Å²) in [4.78, 5) is 4.91. The molecule has 2 unspecified atom stereocenters. The topological polar surface area (TPSA) is 26.7 Å². The number of hydrogen-bond acceptors (Lipinski definition) is 3. The Labute approximate surface area is 89.9 Å². The molecule has 80 valence electrons. The second-order valence-electron chi connectivity index (χ2n) is 4.65. The number of likely N-dealkylation sites (N-methyl/N-ethyl adjacent to an activating group) is 1. The van der Waals surface area contributed by atoms with Gasteiger partial charge < -0.3 is 10.0 Å². The fourth-order valence-electron chi connectivity index (χ4n) is 2.83. The fraction of sp³-hybridized carbons (Fsp3) is 0.500. The lowest BCUT2D eigenvalue weighted by atomic mass is 10.2. The minimum absolute atomic E-state index is 0.347. The first-order valence-electron chi connectivity index (χ1n) is 5.50. The second-order valence-corrected chi connectivity index (χ2v) is 4.65. The summed E-state index contributed by atoms with van der Waals surface area (Å²) in [5.74, 6) is 0.347. The number of fused-ring (bicyclic) bond motifs is 2. The molecule has 0 spiro atoms. The minimum Gasteiger partial charge on any atom is -0.508 e. The van der Waals surface area contributed by atoms with E-state index in [-0.39, 0.29) is 0 Å². The lowest BCUT2D eigenvalue weighted by Crippen LogP contribution is -2.44. The van der Waals surface area contributed by atoms with Crippen molar-refractivity contribution in [3.05, 3.63) is 24.3 Å². The van der Waals surface area contributed by atoms with Gasteiger partial charge in [0.05, 0.1) is 0 Å². The van der Waals surface area contributed by atoms with Crippen LogP contribution in [0.1, 0.15) is 6.42 Å². The van der Waals surface area contributed by atoms with Crippen molar-refractivity contribution in [2.45, 2.75) is 18.5 Å². The van der Waals surface area contributed by atoms with Gasteiger partial charge in [-0.1, -0.05) is 0 Å². The zero-order valence-electron chi connectivity index (χ0n) is 8.93. The number of piperazine rings is 1. The number of rotatable bonds is 1. The van der Waals surface area contributed by atoms with Crippen molar-refractivity contribution < 1.29 is 5.11 Å². The molecule has 0 saturated carbocycles. The highest BCUT2D eigenvalue weighted by molar-refractivity contribution is 5.51. The van der Waals surface area contributed by atoms with Crippen molar-refractivity contribution in [1.82, 2.24) is 4.90 Å². The Balaban J connectivity index is 1.83. The molecule has 2 atom stereocenters. The van der Waals surface area contributed by atoms with Gasteiger partial charge in [0.2, 0.25) is 0 Å². The highest BCUT2D eigenvalue weighted by Crippen LogP contribution is 2.33. The molecule has 2 bridgehead atoms. The van der Waals surface area contributed by atoms with Gasteiger partial charge in [-0.2, -0.15) is 0 Å². The van der Waals surface area contributed by atoms with Gasteiger partial charge in [0.1, 0.15) is 5.75 Å². The maximum absolute atomic E-state index is 9.25. The average molecular weight is 204 g/mol. The molecule has 1 aromatic carbocycles. The van der Waals surface area contributed by atoms with Crippen LogP contribution in [-0.4, -0.2) is 42.2 Å². The SMILES string of the molecule is CN1CC2CC1CN2c1ccc(O)cc1. The van der Waals surface area contributed by atoms with Gasteiger partial charge in [-0.25, -0.2) is 0 Å². The Hall–Kier alpha value is -1.22. The van der Waals surface area contributed by atoms with Gasteiger partial charge in [0, 0.05) is 30.9 Å². The summed E-state index contributed by atoms with van der Waals surface area (Å²) in [5.41, 5.74) is 1.24. The first kappa shape index (κ1) is 9.04. The van der Waals surface area contributed by atoms with Gasteiger partial charge >= 0.3 is 0 Å². The van der Waals surface area contributed by atoms with Crippen molar-refractivity contribution >= 4 is 5.69 Å². The Morgan fingerprint density at radius 1 is 1.13 bits per heavy atom. The van der Waals surface area contributed by atoms with E-state index in [1.807, 2.05) is 12.1 Å². The molecule has 1 N–H and O–H groups in total. The number of aromatic hydroxyl groups is 1. The lowest BCUT2D eigenvalue weighted by molar-refractivity contribution is 0.292. The monoisotopic (exact) mass is 204 g/mol. The Morgan fingerprint density at radius 2 is 1.87 bits per heavy atom. The number of likely N-dealkylation sites (tertiary alicyclic amines) is 1. The number of phenols is 1. The summed E-state index contributed by atoms with van der Waals surface area (Å²) >= 11 is 0. The predicted octanol–water partition coefficient (Wildman–Crippen LogP) is 1.28. The van der Waals surface area contributed by atoms with E-state index in [9.17, 15) is 5.11 Å². The van der Waals surface area contributed by atoms with E-state index in [1.54, 1.807) is 12.1 Å². The Kier molecular flexibility index (Phi) is 1.89. The molecular weight excluding hydrogens is 188 g/mol. The predicted molar refractivity (Wildman–Crippen MR) is 60.3 cm³/mol. The molecule has 2 saturated heterocycles. The number of benzene rings is 1. The number of hydrogen-bond donors (Lipinski definition) is 1. The highest BCUT2D eigenvalue weighted by Gasteiger charge is 2.41. The van der Waals surface area contributed by atoms with E-state index in [2.05, 4.69) is 16.8 Å². The van der Waals surface area contributed by atoms with Gasteiger partial charge in [-0.3, -0.25) is 4.90 Å². The van der Waals surface area contributed by atoms with E-state index in [0.29, 0.717) is 11.8 Å². The molecule has 1 aromatic rings. The van der Waals surface area contributed by atoms with Crippen molar-refractivity contribution in [1.29, 1.82) is 0 Å². The van der Waals surface area contributed by atoms with E-state index in [0.717, 1.165) is 12.6 Å². The molecule has 3 heteroatoms. The van der Waals surface area contributed by atoms with E-state index in [1.165, 1.54) is 18.7 Å². The zero-order valence-corrected chi connectivity index (χ0v) is 8.93. The molecule has 15 heavy (non-hydrogen) atoms. The van der Waals surface area contributed by atoms with Gasteiger partial charge in [-0.05, 0) is 37.7 Å². The first-order chi connectivity index (χ1) is 7.24. The molecule has 0 radical (unpaired) electrons. The second kappa shape index (κ2) is 3.14. The summed E-state index contributed by atoms with van der Waals surface area (Å²) < 4.78 is 0. The molecule has 0 aromatic heterocycles. The molecule has 0 aliphatic carbocycles. The highest BCUT2D eigenvalue weighted by atomic mass is 16.3. The number of anilines is 1. The van der Waals surface area contributed by atoms with Crippen molar-refractivity contribution in [3.63, 3.8) is 0 Å². The lowest BCUT2D eigenvalue weighted by Gasteiger charge is -2.33. The first-order valence-corrected chi connectivity index (χ1v) is 5.50. The van der Waals surface area contributed by atoms with Gasteiger partial charge in [0.25, 0.3) is 0 Å². The Morgan fingerprint density at radius 3 is 2.40 bits per heavy atom. The van der Waals surface area contributed by atoms with E-state index >= 15 is 0 Å². The van der Waals surface area contributed by atoms with Crippen LogP contribution >= 0.6 is 0 Å². The van der Waals surface area contributed by atoms with E-state index in [4.69, 9.17) is 0 Å². The van der Waals surface area contributed by atoms with Crippen LogP contribution < -0.4 is 4.90 Å². The molecule has 2 fully saturated rings. The largest absolute Gasteiger partial charge is 0.508 e. The third-order valence-corrected chi connectivity index (χ3v) is 3.70. The van der Waals surface area contributed by atoms with Crippen LogP contribution in [0.3, 0.4) is 0 Å². The summed E-state index contributed by atoms with van der Waals surface area (Å²) in [7, 11) is 2.21. The summed E-state index contributed by atoms with van der Waals surface area (Å²) in [6.07, 6.45) is 1.29. The van der Waals surface area contributed by atoms with Crippen molar-refractivity contribution in [2.75, 3.05) is 25.0 Å². The summed E-state index contributed by atoms with van der Waals surface area (Å²) in [6.45, 7) is 2.30. The molecule has 0 amide bonds. The molecule has 3 rings (SSSR count). The molecular formula is C12H16N2O. The summed E-state index contributed by atoms with van der Waals surface area (Å²) in [6, 6.07) is 8.95. The zero-order chi connectivity index (χ0) is 10.4. The standard InChI is InChI=1S/C12H16N2O/c1-13-7-11-6-10(13)8-14(11)9-2-4-12(15)5-3-9/h2-5,10-11,15H,6-8H2,1H3. The third-order valence-electron chi connectivity index (χ3n) is 3.70. The maximum atomic E-state index is 9.25. The van der Waals surface area contributed by atoms with Crippen molar-refractivity contribution in [2.24, 2.45) is 0 Å². The number of nitrogens with zero attached hydrogens (tertiary/aromatic N) is 2. The molecule has 3 nitrogen and oxygen atoms in total. The maximum Gasteiger partial charge on any atom is 0.115 e. The van der Waals surface area contributed by atoms with Gasteiger partial charge in [0.15, 0.2) is 0 Å². The molecule has 2 aliphatic heterocycles. The van der Waals surface area contributed by atoms with Crippen LogP contribution in [-0.2, 0) is 0 Å². The van der Waals surface area contributed by atoms with Crippen LogP contribution in [0.5, 0.6) is 5.75 Å². The quantitative estimate of drug-likeness (QED) is 0.746. The minimum atomic E-state index is 0.347. The molecule has 2 aliphatic rings. The Bertz CT molecular complexity index is 360. The average Bonchev–Trinajstić information content (AvgIpc) is 2.77. The van der Waals surface area contributed by atoms with Crippen LogP contribution in [0.15, 0.2) is 24.3 Å². The van der Waals surface area contributed by atoms with Crippen LogP contribution in [0.4, 0.5) is 5.69 Å². The smallest absolute Gasteiger partial charge is 0.115 e. The third kappa shape index (κ3) is 1.38. The van der Waals surface area contributed by atoms with Crippen LogP contribution in [0.2, 0.25) is 0 Å². The molecule has 2 heterocycles. The van der Waals surface area contributed by atoms with Crippen LogP contribution in [0.25, 0.3) is 0 Å². The van der Waals surface area contributed by atoms with Crippen molar-refractivity contribution in [3.8, 4) is 5.75 Å². The normalized spacial score (nSPS) is 30.1. The summed E-state index contributed by atoms with van der Waals surface area (Å²) in [5, 5.41) is 9.25. The number of phenolic OH excluding ortho intramolecular Hbond substituents is 1. The van der Waals surface area contributed by atoms with E-state index < -0.39 is 0 Å². The van der Waals surface area contributed by atoms with Crippen LogP contribution in [0, 0.1) is 0 Å². The fourth-order valence-corrected chi connectivity index (χ4v) is 2.83.